The molecule has 2 radical (unpaired) electrons. The van der Waals surface area contributed by atoms with Crippen LogP contribution in [0.15, 0.2) is 18.2 Å². The van der Waals surface area contributed by atoms with Gasteiger partial charge in [-0.2, -0.15) is 6.08 Å². The van der Waals surface area contributed by atoms with Gasteiger partial charge < -0.3 is 14.9 Å². The first-order valence-electron chi connectivity index (χ1n) is 1.72. The fraction of sp³-hybridized carbons (Fsp3) is 0.143. The average Bonchev–Trinajstić information content (AvgIpc) is 1.76. The molecule has 1 aliphatic carbocycles. The van der Waals surface area contributed by atoms with Crippen molar-refractivity contribution >= 4 is 34.3 Å². The van der Waals surface area contributed by atoms with E-state index in [1.54, 1.807) is 0 Å². The Morgan fingerprint density at radius 2 is 1.55 bits per heavy atom. The van der Waals surface area contributed by atoms with Crippen LogP contribution in [0.2, 0.25) is 0 Å². The van der Waals surface area contributed by atoms with Gasteiger partial charge in [-0.3, -0.25) is 6.08 Å². The Kier molecular flexibility index (Phi) is 111. The molecule has 1 rings (SSSR count). The predicted octanol–water partition coefficient (Wildman–Crippen LogP) is 0.258. The maximum atomic E-state index is 2.99. The molecule has 0 atom stereocenters. The molecule has 0 heterocycles. The third-order valence-corrected chi connectivity index (χ3v) is 0.586. The molecule has 1 aliphatic rings. The minimum Gasteiger partial charge on any atom is -0.358 e. The van der Waals surface area contributed by atoms with Crippen LogP contribution in [-0.4, -0.2) is 21.9 Å². The molecule has 0 saturated heterocycles. The first-order chi connectivity index (χ1) is 2.50. The van der Waals surface area contributed by atoms with Gasteiger partial charge in [0.1, 0.15) is 0 Å². The molecule has 0 amide bonds. The molecule has 0 aromatic heterocycles. The second kappa shape index (κ2) is 30.5. The third-order valence-electron chi connectivity index (χ3n) is 0.586. The Hall–Kier alpha value is 1.07. The first kappa shape index (κ1) is 40.1. The monoisotopic (exact) mass is 373 g/mol. The van der Waals surface area contributed by atoms with Gasteiger partial charge in [0.05, 0.1) is 0 Å². The molecule has 4 heteroatoms. The van der Waals surface area contributed by atoms with Gasteiger partial charge in [-0.15, -0.1) is 18.8 Å². The Morgan fingerprint density at radius 3 is 1.64 bits per heavy atom. The van der Waals surface area contributed by atoms with Crippen LogP contribution in [0.3, 0.4) is 0 Å². The van der Waals surface area contributed by atoms with E-state index in [4.69, 9.17) is 0 Å². The summed E-state index contributed by atoms with van der Waals surface area (Å²) < 4.78 is 0. The van der Waals surface area contributed by atoms with E-state index in [0.717, 1.165) is 6.42 Å². The Labute approximate surface area is 105 Å². The van der Waals surface area contributed by atoms with Crippen molar-refractivity contribution in [3.05, 3.63) is 39.2 Å². The maximum absolute atomic E-state index is 2.99. The van der Waals surface area contributed by atoms with Crippen molar-refractivity contribution in [1.82, 2.24) is 0 Å². The summed E-state index contributed by atoms with van der Waals surface area (Å²) in [7, 11) is 0. The van der Waals surface area contributed by atoms with Gasteiger partial charge in [-0.25, -0.2) is 12.2 Å². The van der Waals surface area contributed by atoms with E-state index in [1.807, 2.05) is 12.2 Å². The van der Waals surface area contributed by atoms with E-state index in [-0.39, 0.29) is 75.0 Å². The zero-order valence-electron chi connectivity index (χ0n) is 7.85. The summed E-state index contributed by atoms with van der Waals surface area (Å²) in [5, 5.41) is 0. The van der Waals surface area contributed by atoms with Gasteiger partial charge in [0.15, 0.2) is 0 Å². The van der Waals surface area contributed by atoms with E-state index < -0.39 is 0 Å². The molecule has 0 spiro atoms. The van der Waals surface area contributed by atoms with Crippen LogP contribution in [0.25, 0.3) is 0 Å². The zero-order valence-corrected chi connectivity index (χ0v) is 16.3. The zero-order chi connectivity index (χ0) is 3.54. The van der Waals surface area contributed by atoms with Crippen LogP contribution in [0.5, 0.6) is 0 Å². The van der Waals surface area contributed by atoms with E-state index in [2.05, 4.69) is 12.2 Å². The molecule has 0 aliphatic heterocycles. The summed E-state index contributed by atoms with van der Waals surface area (Å²) in [6.07, 6.45) is 10.0. The van der Waals surface area contributed by atoms with Crippen LogP contribution in [0.1, 0.15) is 6.42 Å². The van der Waals surface area contributed by atoms with Crippen molar-refractivity contribution in [2.45, 2.75) is 6.42 Å². The second-order valence-corrected chi connectivity index (χ2v) is 1.00. The topological polar surface area (TPSA) is 0 Å². The van der Waals surface area contributed by atoms with Crippen molar-refractivity contribution in [3.63, 3.8) is 0 Å². The summed E-state index contributed by atoms with van der Waals surface area (Å²) in [5.41, 5.74) is 0. The molecule has 0 aromatic carbocycles. The molecule has 0 fully saturated rings. The van der Waals surface area contributed by atoms with Crippen molar-refractivity contribution in [2.24, 2.45) is 0 Å². The van der Waals surface area contributed by atoms with Crippen molar-refractivity contribution in [2.75, 3.05) is 0 Å². The smallest absolute Gasteiger partial charge is 0 e. The molecule has 0 saturated carbocycles. The van der Waals surface area contributed by atoms with Crippen LogP contribution in [0, 0.1) is 20.9 Å². The Balaban J connectivity index is -0.0000000104. The van der Waals surface area contributed by atoms with Gasteiger partial charge in [0.25, 0.3) is 0 Å². The molecule has 0 aromatic rings. The van der Waals surface area contributed by atoms with Gasteiger partial charge in [-0.05, 0) is 21.9 Å². The fourth-order valence-electron chi connectivity index (χ4n) is 0.340. The van der Waals surface area contributed by atoms with E-state index in [9.17, 15) is 0 Å². The molecule has 0 nitrogen and oxygen atoms in total. The Morgan fingerprint density at radius 1 is 1.09 bits per heavy atom. The van der Waals surface area contributed by atoms with E-state index >= 15 is 0 Å². The first-order valence-corrected chi connectivity index (χ1v) is 1.72. The number of allylic oxidation sites excluding steroid dienone is 4. The van der Waals surface area contributed by atoms with Crippen LogP contribution in [-0.2, 0) is 25.8 Å². The number of rotatable bonds is 0. The van der Waals surface area contributed by atoms with Crippen molar-refractivity contribution in [3.8, 4) is 0 Å². The molecule has 68 valence electrons. The second-order valence-electron chi connectivity index (χ2n) is 1.00. The minimum absolute atomic E-state index is 0. The van der Waals surface area contributed by atoms with Gasteiger partial charge in [0.2, 0.25) is 0 Å². The molecular weight excluding hydrogens is 354 g/mol. The summed E-state index contributed by atoms with van der Waals surface area (Å²) in [5.74, 6) is 0. The molecule has 11 heavy (non-hydrogen) atoms. The standard InChI is InChI=1S/C5H5.2CH3.ClH.Hf.2H3Si/c1-2-4-5-3-1;;;;;;/h1-3H,4H2;2*1H3;1H;;2*1H3/q3*-1;;;;. The maximum Gasteiger partial charge on any atom is 0 e. The number of hydrogen-bond acceptors (Lipinski definition) is 0. The van der Waals surface area contributed by atoms with E-state index in [1.165, 1.54) is 0 Å². The number of halogens is 1. The third kappa shape index (κ3) is 24.7. The molecule has 0 N–H and O–H groups in total. The normalized spacial score (nSPS) is 8.00. The van der Waals surface area contributed by atoms with Gasteiger partial charge >= 0.3 is 0 Å². The van der Waals surface area contributed by atoms with Gasteiger partial charge in [0, 0.05) is 25.8 Å². The predicted molar refractivity (Wildman–Crippen MR) is 61.5 cm³/mol. The molecule has 0 unspecified atom stereocenters. The van der Waals surface area contributed by atoms with Crippen LogP contribution < -0.4 is 0 Å². The summed E-state index contributed by atoms with van der Waals surface area (Å²) in [6.45, 7) is 0. The summed E-state index contributed by atoms with van der Waals surface area (Å²) in [4.78, 5) is 0. The van der Waals surface area contributed by atoms with Crippen molar-refractivity contribution in [1.29, 1.82) is 0 Å². The quantitative estimate of drug-likeness (QED) is 0.423. The Bertz CT molecular complexity index is 74.5. The average molecular weight is 372 g/mol. The SMILES string of the molecule is Cl.[C-]1=CC=CC1.[CH3-].[CH3-].[Hf].[SiH3].[SiH3]. The molecule has 0 bridgehead atoms. The van der Waals surface area contributed by atoms with Crippen LogP contribution >= 0.6 is 12.4 Å². The summed E-state index contributed by atoms with van der Waals surface area (Å²) in [6, 6.07) is 0. The van der Waals surface area contributed by atoms with E-state index in [0.29, 0.717) is 0 Å². The number of hydrogen-bond donors (Lipinski definition) is 0. The molecular formula is C7H18ClHfSi2-3. The largest absolute Gasteiger partial charge is 0.358 e. The van der Waals surface area contributed by atoms with Gasteiger partial charge in [-0.1, -0.05) is 0 Å². The minimum atomic E-state index is 0. The van der Waals surface area contributed by atoms with Crippen molar-refractivity contribution < 1.29 is 25.8 Å². The van der Waals surface area contributed by atoms with Crippen LogP contribution in [0.4, 0.5) is 0 Å². The summed E-state index contributed by atoms with van der Waals surface area (Å²) >= 11 is 0. The fourth-order valence-corrected chi connectivity index (χ4v) is 0.340.